The lowest BCUT2D eigenvalue weighted by atomic mass is 10.1. The van der Waals surface area contributed by atoms with Gasteiger partial charge in [0.25, 0.3) is 0 Å². The number of aliphatic hydroxyl groups is 2. The van der Waals surface area contributed by atoms with Gasteiger partial charge in [0.1, 0.15) is 18.2 Å². The molecule has 5 nitrogen and oxygen atoms in total. The first kappa shape index (κ1) is 9.44. The average Bonchev–Trinajstić information content (AvgIpc) is 2.30. The molecular formula is C7H13NO4. The first-order valence-corrected chi connectivity index (χ1v) is 3.84. The molecule has 5 heteroatoms. The molecule has 70 valence electrons. The SMILES string of the molecule is C[C@@H](O)[C@@H](O)[C@H]1C[C@@H](N)C(=O)O1. The fraction of sp³-hybridized carbons (Fsp3) is 0.857. The first-order valence-electron chi connectivity index (χ1n) is 3.84. The largest absolute Gasteiger partial charge is 0.458 e. The summed E-state index contributed by atoms with van der Waals surface area (Å²) in [5.74, 6) is -0.514. The average molecular weight is 175 g/mol. The van der Waals surface area contributed by atoms with E-state index in [1.165, 1.54) is 6.92 Å². The highest BCUT2D eigenvalue weighted by atomic mass is 16.6. The number of aliphatic hydroxyl groups excluding tert-OH is 2. The molecule has 0 aliphatic carbocycles. The summed E-state index contributed by atoms with van der Waals surface area (Å²) in [6.07, 6.45) is -2.34. The maximum absolute atomic E-state index is 10.8. The maximum atomic E-state index is 10.8. The summed E-state index contributed by atoms with van der Waals surface area (Å²) in [7, 11) is 0. The predicted octanol–water partition coefficient (Wildman–Crippen LogP) is -1.63. The van der Waals surface area contributed by atoms with E-state index in [0.717, 1.165) is 0 Å². The molecule has 1 saturated heterocycles. The molecule has 0 aromatic carbocycles. The molecular weight excluding hydrogens is 162 g/mol. The molecule has 0 aromatic heterocycles. The standard InChI is InChI=1S/C7H13NO4/c1-3(9)6(10)5-2-4(8)7(11)12-5/h3-6,9-10H,2,8H2,1H3/t3-,4-,5-,6-/m1/s1. The Morgan fingerprint density at radius 1 is 1.67 bits per heavy atom. The van der Waals surface area contributed by atoms with Gasteiger partial charge in [-0.15, -0.1) is 0 Å². The Labute approximate surface area is 70.1 Å². The number of carbonyl (C=O) groups is 1. The van der Waals surface area contributed by atoms with E-state index in [9.17, 15) is 9.90 Å². The molecule has 1 aliphatic rings. The van der Waals surface area contributed by atoms with Gasteiger partial charge in [0.15, 0.2) is 0 Å². The highest BCUT2D eigenvalue weighted by Crippen LogP contribution is 2.18. The molecule has 1 rings (SSSR count). The second kappa shape index (κ2) is 3.38. The van der Waals surface area contributed by atoms with Gasteiger partial charge in [-0.2, -0.15) is 0 Å². The van der Waals surface area contributed by atoms with Crippen LogP contribution in [0.3, 0.4) is 0 Å². The number of esters is 1. The molecule has 4 atom stereocenters. The molecule has 12 heavy (non-hydrogen) atoms. The minimum atomic E-state index is -1.04. The van der Waals surface area contributed by atoms with E-state index in [4.69, 9.17) is 15.6 Å². The summed E-state index contributed by atoms with van der Waals surface area (Å²) >= 11 is 0. The van der Waals surface area contributed by atoms with Crippen molar-refractivity contribution in [1.82, 2.24) is 0 Å². The van der Waals surface area contributed by atoms with Gasteiger partial charge >= 0.3 is 5.97 Å². The molecule has 0 saturated carbocycles. The minimum Gasteiger partial charge on any atom is -0.458 e. The zero-order valence-electron chi connectivity index (χ0n) is 6.80. The number of nitrogens with two attached hydrogens (primary N) is 1. The number of carbonyl (C=O) groups excluding carboxylic acids is 1. The van der Waals surface area contributed by atoms with Crippen molar-refractivity contribution in [2.45, 2.75) is 37.7 Å². The van der Waals surface area contributed by atoms with Gasteiger partial charge in [-0.05, 0) is 6.92 Å². The lowest BCUT2D eigenvalue weighted by molar-refractivity contribution is -0.149. The Morgan fingerprint density at radius 2 is 2.25 bits per heavy atom. The lowest BCUT2D eigenvalue weighted by Gasteiger charge is -2.18. The van der Waals surface area contributed by atoms with E-state index in [1.807, 2.05) is 0 Å². The van der Waals surface area contributed by atoms with Crippen LogP contribution < -0.4 is 5.73 Å². The summed E-state index contributed by atoms with van der Waals surface area (Å²) < 4.78 is 4.72. The molecule has 1 aliphatic heterocycles. The summed E-state index contributed by atoms with van der Waals surface area (Å²) in [6, 6.07) is -0.664. The third-order valence-electron chi connectivity index (χ3n) is 1.93. The van der Waals surface area contributed by atoms with Crippen molar-refractivity contribution in [3.8, 4) is 0 Å². The maximum Gasteiger partial charge on any atom is 0.323 e. The molecule has 0 amide bonds. The van der Waals surface area contributed by atoms with Gasteiger partial charge in [-0.3, -0.25) is 4.79 Å². The third-order valence-corrected chi connectivity index (χ3v) is 1.93. The minimum absolute atomic E-state index is 0.269. The Morgan fingerprint density at radius 3 is 2.58 bits per heavy atom. The van der Waals surface area contributed by atoms with Crippen LogP contribution in [0.5, 0.6) is 0 Å². The van der Waals surface area contributed by atoms with Crippen molar-refractivity contribution in [2.75, 3.05) is 0 Å². The van der Waals surface area contributed by atoms with Crippen LogP contribution in [0.2, 0.25) is 0 Å². The molecule has 1 fully saturated rings. The molecule has 0 bridgehead atoms. The Balaban J connectivity index is 2.51. The van der Waals surface area contributed by atoms with Crippen LogP contribution >= 0.6 is 0 Å². The van der Waals surface area contributed by atoms with E-state index >= 15 is 0 Å². The van der Waals surface area contributed by atoms with E-state index < -0.39 is 30.3 Å². The van der Waals surface area contributed by atoms with E-state index in [-0.39, 0.29) is 6.42 Å². The summed E-state index contributed by atoms with van der Waals surface area (Å²) in [4.78, 5) is 10.8. The molecule has 0 unspecified atom stereocenters. The molecule has 0 aromatic rings. The van der Waals surface area contributed by atoms with Crippen molar-refractivity contribution in [3.05, 3.63) is 0 Å². The fourth-order valence-corrected chi connectivity index (χ4v) is 1.15. The number of hydrogen-bond donors (Lipinski definition) is 3. The highest BCUT2D eigenvalue weighted by molar-refractivity contribution is 5.77. The van der Waals surface area contributed by atoms with Crippen LogP contribution in [0.1, 0.15) is 13.3 Å². The molecule has 0 radical (unpaired) electrons. The van der Waals surface area contributed by atoms with Crippen molar-refractivity contribution in [3.63, 3.8) is 0 Å². The quantitative estimate of drug-likeness (QED) is 0.438. The van der Waals surface area contributed by atoms with Crippen molar-refractivity contribution >= 4 is 5.97 Å². The number of hydrogen-bond acceptors (Lipinski definition) is 5. The summed E-state index contributed by atoms with van der Waals surface area (Å²) in [5.41, 5.74) is 5.34. The normalized spacial score (nSPS) is 34.5. The van der Waals surface area contributed by atoms with Gasteiger partial charge in [-0.1, -0.05) is 0 Å². The number of cyclic esters (lactones) is 1. The van der Waals surface area contributed by atoms with Gasteiger partial charge in [0, 0.05) is 6.42 Å². The second-order valence-corrected chi connectivity index (χ2v) is 3.05. The lowest BCUT2D eigenvalue weighted by Crippen LogP contribution is -2.35. The van der Waals surface area contributed by atoms with Gasteiger partial charge in [-0.25, -0.2) is 0 Å². The van der Waals surface area contributed by atoms with Crippen LogP contribution in [-0.4, -0.2) is 40.5 Å². The van der Waals surface area contributed by atoms with E-state index in [1.54, 1.807) is 0 Å². The van der Waals surface area contributed by atoms with E-state index in [2.05, 4.69) is 0 Å². The number of rotatable bonds is 2. The molecule has 4 N–H and O–H groups in total. The summed E-state index contributed by atoms with van der Waals surface area (Å²) in [5, 5.41) is 18.3. The first-order chi connectivity index (χ1) is 5.52. The number of ether oxygens (including phenoxy) is 1. The van der Waals surface area contributed by atoms with Crippen LogP contribution in [-0.2, 0) is 9.53 Å². The van der Waals surface area contributed by atoms with E-state index in [0.29, 0.717) is 0 Å². The monoisotopic (exact) mass is 175 g/mol. The topological polar surface area (TPSA) is 92.8 Å². The smallest absolute Gasteiger partial charge is 0.323 e. The van der Waals surface area contributed by atoms with Gasteiger partial charge in [0.05, 0.1) is 6.10 Å². The van der Waals surface area contributed by atoms with Crippen molar-refractivity contribution < 1.29 is 19.7 Å². The van der Waals surface area contributed by atoms with Gasteiger partial charge < -0.3 is 20.7 Å². The van der Waals surface area contributed by atoms with Crippen LogP contribution in [0, 0.1) is 0 Å². The van der Waals surface area contributed by atoms with Crippen LogP contribution in [0.25, 0.3) is 0 Å². The predicted molar refractivity (Wildman–Crippen MR) is 40.2 cm³/mol. The highest BCUT2D eigenvalue weighted by Gasteiger charge is 2.37. The van der Waals surface area contributed by atoms with Crippen molar-refractivity contribution in [1.29, 1.82) is 0 Å². The van der Waals surface area contributed by atoms with Gasteiger partial charge in [0.2, 0.25) is 0 Å². The zero-order chi connectivity index (χ0) is 9.30. The second-order valence-electron chi connectivity index (χ2n) is 3.05. The summed E-state index contributed by atoms with van der Waals surface area (Å²) in [6.45, 7) is 1.43. The van der Waals surface area contributed by atoms with Crippen molar-refractivity contribution in [2.24, 2.45) is 5.73 Å². The Hall–Kier alpha value is -0.650. The molecule has 0 spiro atoms. The third kappa shape index (κ3) is 1.74. The van der Waals surface area contributed by atoms with Crippen LogP contribution in [0.4, 0.5) is 0 Å². The Kier molecular flexibility index (Phi) is 2.66. The molecule has 1 heterocycles. The Bertz CT molecular complexity index is 182. The zero-order valence-corrected chi connectivity index (χ0v) is 6.80. The fourth-order valence-electron chi connectivity index (χ4n) is 1.15. The van der Waals surface area contributed by atoms with Crippen LogP contribution in [0.15, 0.2) is 0 Å².